The first-order valence-electron chi connectivity index (χ1n) is 7.21. The Bertz CT molecular complexity index is 564. The average Bonchev–Trinajstić information content (AvgIpc) is 2.50. The van der Waals surface area contributed by atoms with Crippen molar-refractivity contribution in [3.63, 3.8) is 0 Å². The first-order chi connectivity index (χ1) is 10.5. The number of carbonyl (C=O) groups is 2. The Morgan fingerprint density at radius 2 is 2.09 bits per heavy atom. The van der Waals surface area contributed by atoms with E-state index in [2.05, 4.69) is 5.32 Å². The number of nitrogens with one attached hydrogen (secondary N) is 1. The summed E-state index contributed by atoms with van der Waals surface area (Å²) in [6.07, 6.45) is 2.85. The fourth-order valence-electron chi connectivity index (χ4n) is 2.61. The number of nitrogens with zero attached hydrogens (tertiary/aromatic N) is 1. The Kier molecular flexibility index (Phi) is 5.43. The average molecular weight is 312 g/mol. The zero-order valence-corrected chi connectivity index (χ0v) is 12.0. The molecule has 2 amide bonds. The van der Waals surface area contributed by atoms with E-state index in [0.717, 1.165) is 31.4 Å². The number of piperidine rings is 1. The van der Waals surface area contributed by atoms with Gasteiger partial charge in [-0.25, -0.2) is 8.78 Å². The van der Waals surface area contributed by atoms with Crippen molar-refractivity contribution in [3.8, 4) is 0 Å². The van der Waals surface area contributed by atoms with Crippen LogP contribution in [0.1, 0.15) is 25.7 Å². The van der Waals surface area contributed by atoms with Gasteiger partial charge in [-0.15, -0.1) is 0 Å². The van der Waals surface area contributed by atoms with E-state index in [1.54, 1.807) is 0 Å². The van der Waals surface area contributed by atoms with E-state index in [1.807, 2.05) is 0 Å². The zero-order valence-electron chi connectivity index (χ0n) is 12.0. The molecule has 1 atom stereocenters. The maximum absolute atomic E-state index is 13.5. The Morgan fingerprint density at radius 1 is 1.32 bits per heavy atom. The van der Waals surface area contributed by atoms with Crippen LogP contribution in [-0.2, 0) is 9.59 Å². The number of aliphatic hydroxyl groups excluding tert-OH is 1. The Morgan fingerprint density at radius 3 is 2.77 bits per heavy atom. The van der Waals surface area contributed by atoms with E-state index in [-0.39, 0.29) is 18.3 Å². The molecule has 1 unspecified atom stereocenters. The first kappa shape index (κ1) is 16.4. The van der Waals surface area contributed by atoms with Gasteiger partial charge in [-0.1, -0.05) is 0 Å². The third kappa shape index (κ3) is 3.79. The maximum atomic E-state index is 13.5. The summed E-state index contributed by atoms with van der Waals surface area (Å²) in [7, 11) is 0. The van der Waals surface area contributed by atoms with Gasteiger partial charge in [0, 0.05) is 25.3 Å². The van der Waals surface area contributed by atoms with Gasteiger partial charge in [-0.2, -0.15) is 0 Å². The second kappa shape index (κ2) is 7.31. The number of benzene rings is 1. The lowest BCUT2D eigenvalue weighted by Crippen LogP contribution is -2.48. The summed E-state index contributed by atoms with van der Waals surface area (Å²) < 4.78 is 26.3. The summed E-state index contributed by atoms with van der Waals surface area (Å²) >= 11 is 0. The van der Waals surface area contributed by atoms with Crippen LogP contribution in [0.15, 0.2) is 18.2 Å². The number of carbonyl (C=O) groups excluding carboxylic acids is 2. The second-order valence-electron chi connectivity index (χ2n) is 5.24. The molecule has 0 saturated carbocycles. The lowest BCUT2D eigenvalue weighted by atomic mass is 9.99. The first-order valence-corrected chi connectivity index (χ1v) is 7.21. The molecule has 5 nitrogen and oxygen atoms in total. The predicted octanol–water partition coefficient (Wildman–Crippen LogP) is 1.67. The van der Waals surface area contributed by atoms with Crippen molar-refractivity contribution in [1.29, 1.82) is 0 Å². The second-order valence-corrected chi connectivity index (χ2v) is 5.24. The highest BCUT2D eigenvalue weighted by Crippen LogP contribution is 2.20. The van der Waals surface area contributed by atoms with E-state index >= 15 is 0 Å². The van der Waals surface area contributed by atoms with Crippen molar-refractivity contribution in [1.82, 2.24) is 4.90 Å². The smallest absolute Gasteiger partial charge is 0.313 e. The van der Waals surface area contributed by atoms with Gasteiger partial charge >= 0.3 is 11.8 Å². The molecule has 1 fully saturated rings. The van der Waals surface area contributed by atoms with E-state index in [9.17, 15) is 18.4 Å². The van der Waals surface area contributed by atoms with Crippen molar-refractivity contribution in [3.05, 3.63) is 29.8 Å². The number of rotatable bonds is 3. The number of aliphatic hydroxyl groups is 1. The molecule has 1 saturated heterocycles. The zero-order chi connectivity index (χ0) is 16.1. The lowest BCUT2D eigenvalue weighted by molar-refractivity contribution is -0.146. The predicted molar refractivity (Wildman–Crippen MR) is 76.0 cm³/mol. The molecule has 1 aliphatic heterocycles. The molecule has 0 spiro atoms. The number of anilines is 1. The van der Waals surface area contributed by atoms with Crippen molar-refractivity contribution in [2.24, 2.45) is 0 Å². The number of likely N-dealkylation sites (tertiary alicyclic amines) is 1. The van der Waals surface area contributed by atoms with Crippen LogP contribution in [-0.4, -0.2) is 41.0 Å². The third-order valence-electron chi connectivity index (χ3n) is 3.72. The van der Waals surface area contributed by atoms with Crippen molar-refractivity contribution in [2.45, 2.75) is 31.7 Å². The normalized spacial score (nSPS) is 18.1. The van der Waals surface area contributed by atoms with Gasteiger partial charge in [-0.05, 0) is 37.8 Å². The number of hydrogen-bond acceptors (Lipinski definition) is 3. The Hall–Kier alpha value is -2.02. The monoisotopic (exact) mass is 312 g/mol. The quantitative estimate of drug-likeness (QED) is 0.834. The summed E-state index contributed by atoms with van der Waals surface area (Å²) in [5.41, 5.74) is -0.240. The van der Waals surface area contributed by atoms with E-state index in [0.29, 0.717) is 19.0 Å². The lowest BCUT2D eigenvalue weighted by Gasteiger charge is -2.35. The highest BCUT2D eigenvalue weighted by molar-refractivity contribution is 6.39. The van der Waals surface area contributed by atoms with Gasteiger partial charge in [0.25, 0.3) is 0 Å². The van der Waals surface area contributed by atoms with Crippen LogP contribution in [0, 0.1) is 11.6 Å². The third-order valence-corrected chi connectivity index (χ3v) is 3.72. The standard InChI is InChI=1S/C15H18F2N2O3/c16-10-4-5-13(12(17)9-10)18-14(21)15(22)19-7-2-1-3-11(19)6-8-20/h4-5,9,11,20H,1-3,6-8H2,(H,18,21). The summed E-state index contributed by atoms with van der Waals surface area (Å²) in [6.45, 7) is 0.367. The summed E-state index contributed by atoms with van der Waals surface area (Å²) in [6, 6.07) is 2.51. The fourth-order valence-corrected chi connectivity index (χ4v) is 2.61. The molecule has 7 heteroatoms. The molecule has 2 N–H and O–H groups in total. The van der Waals surface area contributed by atoms with Crippen molar-refractivity contribution >= 4 is 17.5 Å². The minimum Gasteiger partial charge on any atom is -0.396 e. The van der Waals surface area contributed by atoms with Gasteiger partial charge in [0.1, 0.15) is 11.6 Å². The SMILES string of the molecule is O=C(Nc1ccc(F)cc1F)C(=O)N1CCCCC1CCO. The van der Waals surface area contributed by atoms with Crippen LogP contribution >= 0.6 is 0 Å². The molecule has 1 aromatic rings. The number of halogens is 2. The summed E-state index contributed by atoms with van der Waals surface area (Å²) in [4.78, 5) is 25.6. The highest BCUT2D eigenvalue weighted by atomic mass is 19.1. The molecular formula is C15H18F2N2O3. The summed E-state index contributed by atoms with van der Waals surface area (Å²) in [5.74, 6) is -3.43. The molecular weight excluding hydrogens is 294 g/mol. The van der Waals surface area contributed by atoms with Crippen LogP contribution in [0.5, 0.6) is 0 Å². The number of hydrogen-bond donors (Lipinski definition) is 2. The van der Waals surface area contributed by atoms with Crippen LogP contribution in [0.3, 0.4) is 0 Å². The van der Waals surface area contributed by atoms with Gasteiger partial charge in [0.2, 0.25) is 0 Å². The van der Waals surface area contributed by atoms with Crippen LogP contribution in [0.2, 0.25) is 0 Å². The number of amides is 2. The maximum Gasteiger partial charge on any atom is 0.313 e. The highest BCUT2D eigenvalue weighted by Gasteiger charge is 2.30. The van der Waals surface area contributed by atoms with Crippen LogP contribution < -0.4 is 5.32 Å². The Labute approximate surface area is 126 Å². The molecule has 1 aliphatic rings. The van der Waals surface area contributed by atoms with Gasteiger partial charge < -0.3 is 15.3 Å². The van der Waals surface area contributed by atoms with Gasteiger partial charge in [0.15, 0.2) is 0 Å². The molecule has 22 heavy (non-hydrogen) atoms. The van der Waals surface area contributed by atoms with E-state index in [4.69, 9.17) is 5.11 Å². The van der Waals surface area contributed by atoms with Crippen LogP contribution in [0.25, 0.3) is 0 Å². The minimum absolute atomic E-state index is 0.0668. The van der Waals surface area contributed by atoms with Crippen molar-refractivity contribution < 1.29 is 23.5 Å². The molecule has 120 valence electrons. The molecule has 2 rings (SSSR count). The Balaban J connectivity index is 2.06. The summed E-state index contributed by atoms with van der Waals surface area (Å²) in [5, 5.41) is 11.2. The molecule has 1 heterocycles. The van der Waals surface area contributed by atoms with E-state index < -0.39 is 23.4 Å². The largest absolute Gasteiger partial charge is 0.396 e. The minimum atomic E-state index is -0.963. The fraction of sp³-hybridized carbons (Fsp3) is 0.467. The topological polar surface area (TPSA) is 69.6 Å². The van der Waals surface area contributed by atoms with Crippen molar-refractivity contribution in [2.75, 3.05) is 18.5 Å². The molecule has 0 aromatic heterocycles. The molecule has 0 bridgehead atoms. The molecule has 1 aromatic carbocycles. The molecule has 0 radical (unpaired) electrons. The van der Waals surface area contributed by atoms with Crippen LogP contribution in [0.4, 0.5) is 14.5 Å². The van der Waals surface area contributed by atoms with Gasteiger partial charge in [-0.3, -0.25) is 9.59 Å². The molecule has 0 aliphatic carbocycles. The van der Waals surface area contributed by atoms with E-state index in [1.165, 1.54) is 4.90 Å². The van der Waals surface area contributed by atoms with Gasteiger partial charge in [0.05, 0.1) is 5.69 Å².